The Balaban J connectivity index is 3.31. The van der Waals surface area contributed by atoms with Crippen molar-refractivity contribution in [3.05, 3.63) is 22.3 Å². The average molecular weight is 571 g/mol. The molecule has 0 bridgehead atoms. The highest BCUT2D eigenvalue weighted by Crippen LogP contribution is 2.32. The monoisotopic (exact) mass is 571 g/mol. The number of carboxylic acid groups (broad SMARTS) is 1. The maximum absolute atomic E-state index is 11.1. The summed E-state index contributed by atoms with van der Waals surface area (Å²) in [7, 11) is 0. The maximum atomic E-state index is 11.1. The molecular formula is C10H8I3NO3. The normalized spacial score (nSPS) is 10.1. The molecule has 1 amide bonds. The van der Waals surface area contributed by atoms with Crippen LogP contribution in [0.5, 0.6) is 0 Å². The van der Waals surface area contributed by atoms with E-state index in [0.717, 1.165) is 16.3 Å². The molecule has 17 heavy (non-hydrogen) atoms. The van der Waals surface area contributed by atoms with E-state index >= 15 is 0 Å². The minimum absolute atomic E-state index is 0.0416. The van der Waals surface area contributed by atoms with Gasteiger partial charge in [0.15, 0.2) is 0 Å². The number of rotatable bonds is 3. The number of anilines is 1. The third kappa shape index (κ3) is 4.19. The zero-order chi connectivity index (χ0) is 13.2. The smallest absolute Gasteiger partial charge is 0.307 e. The van der Waals surface area contributed by atoms with Crippen molar-refractivity contribution < 1.29 is 14.7 Å². The van der Waals surface area contributed by atoms with Crippen LogP contribution in [-0.4, -0.2) is 17.0 Å². The van der Waals surface area contributed by atoms with Gasteiger partial charge in [0, 0.05) is 17.6 Å². The van der Waals surface area contributed by atoms with Gasteiger partial charge in [-0.25, -0.2) is 0 Å². The maximum Gasteiger partial charge on any atom is 0.307 e. The third-order valence-electron chi connectivity index (χ3n) is 1.89. The number of nitrogens with one attached hydrogen (secondary N) is 1. The Bertz CT molecular complexity index is 448. The number of amides is 1. The van der Waals surface area contributed by atoms with Crippen molar-refractivity contribution in [2.45, 2.75) is 13.3 Å². The Morgan fingerprint density at radius 3 is 2.35 bits per heavy atom. The summed E-state index contributed by atoms with van der Waals surface area (Å²) < 4.78 is 2.59. The Kier molecular flexibility index (Phi) is 5.89. The molecule has 0 aliphatic carbocycles. The number of hydrogen-bond donors (Lipinski definition) is 2. The first-order valence-electron chi connectivity index (χ1n) is 4.48. The second-order valence-electron chi connectivity index (χ2n) is 3.26. The van der Waals surface area contributed by atoms with Crippen LogP contribution < -0.4 is 5.32 Å². The van der Waals surface area contributed by atoms with Crippen LogP contribution in [0.2, 0.25) is 0 Å². The fourth-order valence-electron chi connectivity index (χ4n) is 1.23. The molecule has 0 heterocycles. The van der Waals surface area contributed by atoms with Gasteiger partial charge >= 0.3 is 5.97 Å². The van der Waals surface area contributed by atoms with E-state index in [1.165, 1.54) is 6.92 Å². The summed E-state index contributed by atoms with van der Waals surface area (Å²) in [6.07, 6.45) is -0.0416. The zero-order valence-corrected chi connectivity index (χ0v) is 15.2. The van der Waals surface area contributed by atoms with Crippen molar-refractivity contribution in [2.24, 2.45) is 0 Å². The first-order chi connectivity index (χ1) is 7.82. The largest absolute Gasteiger partial charge is 0.481 e. The molecule has 0 aliphatic heterocycles. The molecule has 0 spiro atoms. The average Bonchev–Trinajstić information content (AvgIpc) is 2.18. The van der Waals surface area contributed by atoms with Gasteiger partial charge in [0.1, 0.15) is 0 Å². The van der Waals surface area contributed by atoms with Gasteiger partial charge in [-0.05, 0) is 79.4 Å². The molecule has 7 heteroatoms. The third-order valence-corrected chi connectivity index (χ3v) is 4.90. The van der Waals surface area contributed by atoms with E-state index in [9.17, 15) is 9.59 Å². The number of carbonyl (C=O) groups excluding carboxylic acids is 1. The van der Waals surface area contributed by atoms with Crippen LogP contribution in [0.25, 0.3) is 0 Å². The van der Waals surface area contributed by atoms with Crippen molar-refractivity contribution in [1.82, 2.24) is 0 Å². The second-order valence-corrected chi connectivity index (χ2v) is 6.66. The van der Waals surface area contributed by atoms with Gasteiger partial charge in [0.05, 0.1) is 12.1 Å². The molecule has 0 atom stereocenters. The molecule has 1 aromatic carbocycles. The predicted octanol–water partition coefficient (Wildman–Crippen LogP) is 3.09. The molecule has 92 valence electrons. The van der Waals surface area contributed by atoms with Crippen LogP contribution >= 0.6 is 67.8 Å². The first kappa shape index (κ1) is 15.4. The van der Waals surface area contributed by atoms with Gasteiger partial charge in [-0.3, -0.25) is 9.59 Å². The topological polar surface area (TPSA) is 66.4 Å². The standard InChI is InChI=1S/C10H8I3NO3/c1-4(15)14-10-7(12)3-6(11)5(9(10)13)2-8(16)17/h3H,2H2,1H3,(H,14,15)(H,16,17). The number of hydrogen-bond acceptors (Lipinski definition) is 2. The molecule has 2 N–H and O–H groups in total. The molecule has 1 rings (SSSR count). The number of carbonyl (C=O) groups is 2. The van der Waals surface area contributed by atoms with Crippen molar-refractivity contribution >= 4 is 85.3 Å². The fourth-order valence-corrected chi connectivity index (χ4v) is 5.26. The minimum atomic E-state index is -0.879. The highest BCUT2D eigenvalue weighted by Gasteiger charge is 2.16. The molecule has 4 nitrogen and oxygen atoms in total. The Morgan fingerprint density at radius 2 is 1.88 bits per heavy atom. The van der Waals surface area contributed by atoms with E-state index in [4.69, 9.17) is 5.11 Å². The summed E-state index contributed by atoms with van der Waals surface area (Å²) in [6, 6.07) is 1.87. The molecule has 0 fully saturated rings. The van der Waals surface area contributed by atoms with E-state index < -0.39 is 5.97 Å². The molecular weight excluding hydrogens is 563 g/mol. The van der Waals surface area contributed by atoms with Crippen LogP contribution in [0, 0.1) is 10.7 Å². The minimum Gasteiger partial charge on any atom is -0.481 e. The van der Waals surface area contributed by atoms with Crippen molar-refractivity contribution in [2.75, 3.05) is 5.32 Å². The molecule has 0 unspecified atom stereocenters. The number of halogens is 3. The van der Waals surface area contributed by atoms with Gasteiger partial charge in [-0.15, -0.1) is 0 Å². The number of carboxylic acids is 1. The van der Waals surface area contributed by atoms with Crippen molar-refractivity contribution in [3.63, 3.8) is 0 Å². The van der Waals surface area contributed by atoms with Crippen LogP contribution in [0.3, 0.4) is 0 Å². The summed E-state index contributed by atoms with van der Waals surface area (Å²) in [5.41, 5.74) is 1.43. The predicted molar refractivity (Wildman–Crippen MR) is 90.2 cm³/mol. The van der Waals surface area contributed by atoms with E-state index in [2.05, 4.69) is 73.1 Å². The van der Waals surface area contributed by atoms with E-state index in [-0.39, 0.29) is 12.3 Å². The van der Waals surface area contributed by atoms with Gasteiger partial charge in [-0.1, -0.05) is 0 Å². The lowest BCUT2D eigenvalue weighted by atomic mass is 10.1. The lowest BCUT2D eigenvalue weighted by Gasteiger charge is -2.13. The summed E-state index contributed by atoms with van der Waals surface area (Å²) in [4.78, 5) is 21.9. The van der Waals surface area contributed by atoms with Crippen molar-refractivity contribution in [1.29, 1.82) is 0 Å². The lowest BCUT2D eigenvalue weighted by molar-refractivity contribution is -0.136. The van der Waals surface area contributed by atoms with Gasteiger partial charge in [0.2, 0.25) is 5.91 Å². The number of aliphatic carboxylic acids is 1. The van der Waals surface area contributed by atoms with Crippen LogP contribution in [-0.2, 0) is 16.0 Å². The van der Waals surface area contributed by atoms with Gasteiger partial charge < -0.3 is 10.4 Å². The quantitative estimate of drug-likeness (QED) is 0.549. The summed E-state index contributed by atoms with van der Waals surface area (Å²) in [5.74, 6) is -1.04. The molecule has 1 aromatic rings. The lowest BCUT2D eigenvalue weighted by Crippen LogP contribution is -2.12. The Morgan fingerprint density at radius 1 is 1.29 bits per heavy atom. The SMILES string of the molecule is CC(=O)Nc1c(I)cc(I)c(CC(=O)O)c1I. The summed E-state index contributed by atoms with van der Waals surface area (Å²) in [5, 5.41) is 11.6. The molecule has 0 saturated carbocycles. The fraction of sp³-hybridized carbons (Fsp3) is 0.200. The molecule has 0 aliphatic rings. The Labute approximate surface area is 139 Å². The molecule has 0 aromatic heterocycles. The van der Waals surface area contributed by atoms with Gasteiger partial charge in [0.25, 0.3) is 0 Å². The van der Waals surface area contributed by atoms with Crippen LogP contribution in [0.4, 0.5) is 5.69 Å². The zero-order valence-electron chi connectivity index (χ0n) is 8.68. The number of benzene rings is 1. The highest BCUT2D eigenvalue weighted by molar-refractivity contribution is 14.1. The summed E-state index contributed by atoms with van der Waals surface area (Å²) in [6.45, 7) is 1.43. The van der Waals surface area contributed by atoms with Gasteiger partial charge in [-0.2, -0.15) is 0 Å². The van der Waals surface area contributed by atoms with Crippen molar-refractivity contribution in [3.8, 4) is 0 Å². The van der Waals surface area contributed by atoms with E-state index in [0.29, 0.717) is 5.69 Å². The molecule has 0 saturated heterocycles. The summed E-state index contributed by atoms with van der Waals surface area (Å²) >= 11 is 6.30. The van der Waals surface area contributed by atoms with E-state index in [1.807, 2.05) is 6.07 Å². The first-order valence-corrected chi connectivity index (χ1v) is 7.72. The Hall–Kier alpha value is 0.350. The highest BCUT2D eigenvalue weighted by atomic mass is 127. The van der Waals surface area contributed by atoms with Crippen LogP contribution in [0.1, 0.15) is 12.5 Å². The van der Waals surface area contributed by atoms with Crippen LogP contribution in [0.15, 0.2) is 6.07 Å². The molecule has 0 radical (unpaired) electrons. The van der Waals surface area contributed by atoms with E-state index in [1.54, 1.807) is 0 Å². The second kappa shape index (κ2) is 6.50.